The monoisotopic (exact) mass is 412 g/mol. The SMILES string of the molecule is Cc1cc(F)ccc1Oc1cc(N2CCN(C(=O)c3cccs3)[C@H](C)C2)ncn1. The van der Waals surface area contributed by atoms with Crippen LogP contribution in [0.1, 0.15) is 22.2 Å². The number of hydrogen-bond donors (Lipinski definition) is 0. The Balaban J connectivity index is 1.46. The van der Waals surface area contributed by atoms with Crippen LogP contribution in [0.5, 0.6) is 11.6 Å². The maximum absolute atomic E-state index is 13.3. The molecule has 0 spiro atoms. The van der Waals surface area contributed by atoms with E-state index in [0.717, 1.165) is 10.7 Å². The van der Waals surface area contributed by atoms with Crippen LogP contribution in [0.2, 0.25) is 0 Å². The Morgan fingerprint density at radius 2 is 2.10 bits per heavy atom. The first-order valence-electron chi connectivity index (χ1n) is 9.37. The fourth-order valence-electron chi connectivity index (χ4n) is 3.41. The highest BCUT2D eigenvalue weighted by atomic mass is 32.1. The molecule has 1 saturated heterocycles. The van der Waals surface area contributed by atoms with Gasteiger partial charge in [0, 0.05) is 31.7 Å². The number of halogens is 1. The van der Waals surface area contributed by atoms with E-state index >= 15 is 0 Å². The van der Waals surface area contributed by atoms with E-state index < -0.39 is 0 Å². The second-order valence-corrected chi connectivity index (χ2v) is 7.94. The third-order valence-corrected chi connectivity index (χ3v) is 5.78. The molecule has 4 rings (SSSR count). The molecule has 1 aromatic carbocycles. The van der Waals surface area contributed by atoms with Crippen molar-refractivity contribution in [1.29, 1.82) is 0 Å². The molecule has 0 N–H and O–H groups in total. The molecule has 150 valence electrons. The van der Waals surface area contributed by atoms with Gasteiger partial charge in [-0.1, -0.05) is 6.07 Å². The Labute approximate surface area is 172 Å². The van der Waals surface area contributed by atoms with E-state index in [4.69, 9.17) is 4.74 Å². The largest absolute Gasteiger partial charge is 0.439 e. The summed E-state index contributed by atoms with van der Waals surface area (Å²) in [7, 11) is 0. The normalized spacial score (nSPS) is 16.7. The van der Waals surface area contributed by atoms with Gasteiger partial charge in [-0.15, -0.1) is 11.3 Å². The zero-order valence-corrected chi connectivity index (χ0v) is 17.0. The van der Waals surface area contributed by atoms with E-state index in [-0.39, 0.29) is 17.8 Å². The van der Waals surface area contributed by atoms with Crippen molar-refractivity contribution in [3.05, 3.63) is 64.4 Å². The molecule has 8 heteroatoms. The lowest BCUT2D eigenvalue weighted by Gasteiger charge is -2.40. The minimum atomic E-state index is -0.304. The van der Waals surface area contributed by atoms with Gasteiger partial charge in [0.1, 0.15) is 23.7 Å². The number of carbonyl (C=O) groups is 1. The molecule has 2 aromatic heterocycles. The number of thiophene rings is 1. The van der Waals surface area contributed by atoms with Crippen molar-refractivity contribution in [3.8, 4) is 11.6 Å². The number of carbonyl (C=O) groups excluding carboxylic acids is 1. The van der Waals surface area contributed by atoms with Crippen molar-refractivity contribution >= 4 is 23.1 Å². The molecular weight excluding hydrogens is 391 g/mol. The fraction of sp³-hybridized carbons (Fsp3) is 0.286. The van der Waals surface area contributed by atoms with Crippen molar-refractivity contribution in [2.45, 2.75) is 19.9 Å². The molecule has 1 aliphatic heterocycles. The quantitative estimate of drug-likeness (QED) is 0.645. The van der Waals surface area contributed by atoms with Gasteiger partial charge < -0.3 is 14.5 Å². The Kier molecular flexibility index (Phi) is 5.44. The van der Waals surface area contributed by atoms with E-state index in [0.29, 0.717) is 36.8 Å². The number of nitrogens with zero attached hydrogens (tertiary/aromatic N) is 4. The summed E-state index contributed by atoms with van der Waals surface area (Å²) in [4.78, 5) is 26.0. The van der Waals surface area contributed by atoms with Crippen LogP contribution in [0.25, 0.3) is 0 Å². The van der Waals surface area contributed by atoms with Crippen LogP contribution in [0.3, 0.4) is 0 Å². The summed E-state index contributed by atoms with van der Waals surface area (Å²) < 4.78 is 19.1. The van der Waals surface area contributed by atoms with Crippen LogP contribution < -0.4 is 9.64 Å². The molecule has 0 bridgehead atoms. The lowest BCUT2D eigenvalue weighted by atomic mass is 10.2. The van der Waals surface area contributed by atoms with Crippen LogP contribution in [-0.2, 0) is 0 Å². The summed E-state index contributed by atoms with van der Waals surface area (Å²) in [6.45, 7) is 5.79. The third-order valence-electron chi connectivity index (χ3n) is 4.92. The highest BCUT2D eigenvalue weighted by molar-refractivity contribution is 7.12. The van der Waals surface area contributed by atoms with Crippen LogP contribution in [-0.4, -0.2) is 46.5 Å². The molecule has 29 heavy (non-hydrogen) atoms. The second-order valence-electron chi connectivity index (χ2n) is 7.00. The number of ether oxygens (including phenoxy) is 1. The molecule has 0 saturated carbocycles. The zero-order chi connectivity index (χ0) is 20.4. The van der Waals surface area contributed by atoms with Crippen molar-refractivity contribution in [2.75, 3.05) is 24.5 Å². The number of anilines is 1. The smallest absolute Gasteiger partial charge is 0.264 e. The predicted molar refractivity (Wildman–Crippen MR) is 110 cm³/mol. The number of piperazine rings is 1. The molecule has 1 fully saturated rings. The maximum atomic E-state index is 13.3. The van der Waals surface area contributed by atoms with Crippen LogP contribution in [0, 0.1) is 12.7 Å². The van der Waals surface area contributed by atoms with E-state index in [9.17, 15) is 9.18 Å². The van der Waals surface area contributed by atoms with E-state index in [2.05, 4.69) is 14.9 Å². The number of amides is 1. The molecule has 0 aliphatic carbocycles. The minimum Gasteiger partial charge on any atom is -0.439 e. The highest BCUT2D eigenvalue weighted by Gasteiger charge is 2.29. The van der Waals surface area contributed by atoms with E-state index in [1.54, 1.807) is 19.1 Å². The summed E-state index contributed by atoms with van der Waals surface area (Å²) in [6, 6.07) is 9.94. The number of hydrogen-bond acceptors (Lipinski definition) is 6. The first-order valence-corrected chi connectivity index (χ1v) is 10.2. The summed E-state index contributed by atoms with van der Waals surface area (Å²) in [5.41, 5.74) is 0.694. The average Bonchev–Trinajstić information content (AvgIpc) is 3.25. The number of benzene rings is 1. The van der Waals surface area contributed by atoms with Crippen LogP contribution >= 0.6 is 11.3 Å². The van der Waals surface area contributed by atoms with Crippen molar-refractivity contribution in [3.63, 3.8) is 0 Å². The summed E-state index contributed by atoms with van der Waals surface area (Å²) >= 11 is 1.46. The lowest BCUT2D eigenvalue weighted by molar-refractivity contribution is 0.0678. The molecule has 0 radical (unpaired) electrons. The molecule has 3 aromatic rings. The summed E-state index contributed by atoms with van der Waals surface area (Å²) in [5, 5.41) is 1.92. The van der Waals surface area contributed by atoms with Gasteiger partial charge in [-0.2, -0.15) is 0 Å². The van der Waals surface area contributed by atoms with Gasteiger partial charge >= 0.3 is 0 Å². The average molecular weight is 412 g/mol. The predicted octanol–water partition coefficient (Wildman–Crippen LogP) is 4.13. The van der Waals surface area contributed by atoms with Gasteiger partial charge in [-0.3, -0.25) is 4.79 Å². The molecule has 3 heterocycles. The standard InChI is InChI=1S/C21H21FN4O2S/c1-14-10-16(22)5-6-17(14)28-20-11-19(23-13-24-20)25-7-8-26(15(2)12-25)21(27)18-4-3-9-29-18/h3-6,9-11,13,15H,7-8,12H2,1-2H3/t15-/m1/s1. The van der Waals surface area contributed by atoms with Gasteiger partial charge in [0.2, 0.25) is 5.88 Å². The molecule has 1 aliphatic rings. The van der Waals surface area contributed by atoms with Crippen LogP contribution in [0.15, 0.2) is 48.1 Å². The highest BCUT2D eigenvalue weighted by Crippen LogP contribution is 2.27. The number of aromatic nitrogens is 2. The van der Waals surface area contributed by atoms with Gasteiger partial charge in [0.15, 0.2) is 0 Å². The van der Waals surface area contributed by atoms with Gasteiger partial charge in [0.25, 0.3) is 5.91 Å². The Morgan fingerprint density at radius 1 is 1.24 bits per heavy atom. The van der Waals surface area contributed by atoms with E-state index in [1.165, 1.54) is 29.8 Å². The Bertz CT molecular complexity index is 1010. The Morgan fingerprint density at radius 3 is 2.83 bits per heavy atom. The first-order chi connectivity index (χ1) is 14.0. The molecule has 1 amide bonds. The molecule has 0 unspecified atom stereocenters. The van der Waals surface area contributed by atoms with Gasteiger partial charge in [-0.25, -0.2) is 14.4 Å². The topological polar surface area (TPSA) is 58.6 Å². The van der Waals surface area contributed by atoms with Crippen molar-refractivity contribution in [2.24, 2.45) is 0 Å². The molecular formula is C21H21FN4O2S. The zero-order valence-electron chi connectivity index (χ0n) is 16.2. The minimum absolute atomic E-state index is 0.0528. The van der Waals surface area contributed by atoms with Gasteiger partial charge in [-0.05, 0) is 49.1 Å². The Hall–Kier alpha value is -3.00. The first kappa shape index (κ1) is 19.3. The fourth-order valence-corrected chi connectivity index (χ4v) is 4.09. The number of aryl methyl sites for hydroxylation is 1. The van der Waals surface area contributed by atoms with E-state index in [1.807, 2.05) is 29.3 Å². The summed E-state index contributed by atoms with van der Waals surface area (Å²) in [6.07, 6.45) is 1.46. The molecule has 1 atom stereocenters. The van der Waals surface area contributed by atoms with Crippen molar-refractivity contribution < 1.29 is 13.9 Å². The third kappa shape index (κ3) is 4.22. The maximum Gasteiger partial charge on any atom is 0.264 e. The van der Waals surface area contributed by atoms with Crippen LogP contribution in [0.4, 0.5) is 10.2 Å². The molecule has 6 nitrogen and oxygen atoms in total. The second kappa shape index (κ2) is 8.16. The summed E-state index contributed by atoms with van der Waals surface area (Å²) in [5.74, 6) is 1.46. The van der Waals surface area contributed by atoms with Gasteiger partial charge in [0.05, 0.1) is 4.88 Å². The lowest BCUT2D eigenvalue weighted by Crippen LogP contribution is -2.54. The number of rotatable bonds is 4. The van der Waals surface area contributed by atoms with Crippen molar-refractivity contribution in [1.82, 2.24) is 14.9 Å².